The van der Waals surface area contributed by atoms with Gasteiger partial charge in [-0.15, -0.1) is 0 Å². The van der Waals surface area contributed by atoms with E-state index >= 15 is 0 Å². The molecule has 0 aromatic rings. The van der Waals surface area contributed by atoms with E-state index in [1.54, 1.807) is 0 Å². The standard InChI is InChI=1S/C12H28N2O/c1-5-7-12(6-2)13-8-10-15-11-9-14(3)4/h12-13H,5-11H2,1-4H3. The van der Waals surface area contributed by atoms with Crippen LogP contribution in [0.3, 0.4) is 0 Å². The fraction of sp³-hybridized carbons (Fsp3) is 1.00. The van der Waals surface area contributed by atoms with Crippen LogP contribution in [0.4, 0.5) is 0 Å². The number of rotatable bonds is 10. The Morgan fingerprint density at radius 2 is 1.93 bits per heavy atom. The Kier molecular flexibility index (Phi) is 10.3. The summed E-state index contributed by atoms with van der Waals surface area (Å²) in [6.07, 6.45) is 3.74. The molecule has 0 aromatic carbocycles. The minimum atomic E-state index is 0.674. The van der Waals surface area contributed by atoms with E-state index in [0.29, 0.717) is 6.04 Å². The van der Waals surface area contributed by atoms with Crippen molar-refractivity contribution < 1.29 is 4.74 Å². The number of likely N-dealkylation sites (N-methyl/N-ethyl adjacent to an activating group) is 1. The highest BCUT2D eigenvalue weighted by Gasteiger charge is 2.02. The number of nitrogens with zero attached hydrogens (tertiary/aromatic N) is 1. The topological polar surface area (TPSA) is 24.5 Å². The summed E-state index contributed by atoms with van der Waals surface area (Å²) >= 11 is 0. The molecular formula is C12H28N2O. The molecule has 15 heavy (non-hydrogen) atoms. The summed E-state index contributed by atoms with van der Waals surface area (Å²) in [6.45, 7) is 8.11. The minimum Gasteiger partial charge on any atom is -0.379 e. The van der Waals surface area contributed by atoms with Gasteiger partial charge in [0.05, 0.1) is 13.2 Å². The molecule has 0 radical (unpaired) electrons. The van der Waals surface area contributed by atoms with E-state index in [-0.39, 0.29) is 0 Å². The maximum atomic E-state index is 5.51. The van der Waals surface area contributed by atoms with Crippen LogP contribution in [-0.2, 0) is 4.74 Å². The smallest absolute Gasteiger partial charge is 0.0593 e. The zero-order valence-corrected chi connectivity index (χ0v) is 10.9. The molecule has 92 valence electrons. The first-order chi connectivity index (χ1) is 7.20. The third-order valence-corrected chi connectivity index (χ3v) is 2.49. The first-order valence-electron chi connectivity index (χ1n) is 6.16. The number of hydrogen-bond donors (Lipinski definition) is 1. The van der Waals surface area contributed by atoms with Gasteiger partial charge in [-0.05, 0) is 26.9 Å². The predicted octanol–water partition coefficient (Wildman–Crippen LogP) is 1.73. The average Bonchev–Trinajstić information content (AvgIpc) is 2.21. The van der Waals surface area contributed by atoms with Crippen LogP contribution in [0, 0.1) is 0 Å². The Morgan fingerprint density at radius 3 is 2.47 bits per heavy atom. The summed E-state index contributed by atoms with van der Waals surface area (Å²) in [5.74, 6) is 0. The first kappa shape index (κ1) is 14.9. The van der Waals surface area contributed by atoms with Gasteiger partial charge in [-0.25, -0.2) is 0 Å². The molecule has 0 aliphatic carbocycles. The van der Waals surface area contributed by atoms with E-state index in [0.717, 1.165) is 26.3 Å². The van der Waals surface area contributed by atoms with E-state index in [2.05, 4.69) is 38.2 Å². The van der Waals surface area contributed by atoms with E-state index in [1.165, 1.54) is 19.3 Å². The van der Waals surface area contributed by atoms with Gasteiger partial charge in [0, 0.05) is 19.1 Å². The zero-order chi connectivity index (χ0) is 11.5. The molecule has 1 N–H and O–H groups in total. The highest BCUT2D eigenvalue weighted by atomic mass is 16.5. The van der Waals surface area contributed by atoms with Gasteiger partial charge in [0.15, 0.2) is 0 Å². The largest absolute Gasteiger partial charge is 0.379 e. The maximum absolute atomic E-state index is 5.51. The van der Waals surface area contributed by atoms with Gasteiger partial charge in [-0.3, -0.25) is 0 Å². The fourth-order valence-corrected chi connectivity index (χ4v) is 1.48. The Hall–Kier alpha value is -0.120. The molecule has 1 unspecified atom stereocenters. The molecule has 0 aromatic heterocycles. The summed E-state index contributed by atoms with van der Waals surface area (Å²) in [5, 5.41) is 3.52. The molecule has 0 amide bonds. The van der Waals surface area contributed by atoms with Crippen molar-refractivity contribution in [2.75, 3.05) is 40.4 Å². The van der Waals surface area contributed by atoms with Crippen LogP contribution in [-0.4, -0.2) is 51.3 Å². The van der Waals surface area contributed by atoms with E-state index in [1.807, 2.05) is 0 Å². The second kappa shape index (κ2) is 10.4. The van der Waals surface area contributed by atoms with Crippen LogP contribution in [0.1, 0.15) is 33.1 Å². The van der Waals surface area contributed by atoms with Crippen LogP contribution in [0.25, 0.3) is 0 Å². The molecule has 3 nitrogen and oxygen atoms in total. The van der Waals surface area contributed by atoms with Crippen molar-refractivity contribution in [3.8, 4) is 0 Å². The maximum Gasteiger partial charge on any atom is 0.0593 e. The summed E-state index contributed by atoms with van der Waals surface area (Å²) in [4.78, 5) is 2.14. The van der Waals surface area contributed by atoms with Gasteiger partial charge in [0.25, 0.3) is 0 Å². The molecule has 0 aliphatic rings. The molecule has 0 aliphatic heterocycles. The van der Waals surface area contributed by atoms with Crippen molar-refractivity contribution in [2.24, 2.45) is 0 Å². The lowest BCUT2D eigenvalue weighted by atomic mass is 10.1. The van der Waals surface area contributed by atoms with E-state index in [9.17, 15) is 0 Å². The number of ether oxygens (including phenoxy) is 1. The SMILES string of the molecule is CCCC(CC)NCCOCCN(C)C. The predicted molar refractivity (Wildman–Crippen MR) is 66.4 cm³/mol. The van der Waals surface area contributed by atoms with Crippen LogP contribution < -0.4 is 5.32 Å². The molecule has 0 bridgehead atoms. The first-order valence-corrected chi connectivity index (χ1v) is 6.16. The number of nitrogens with one attached hydrogen (secondary N) is 1. The fourth-order valence-electron chi connectivity index (χ4n) is 1.48. The van der Waals surface area contributed by atoms with Gasteiger partial charge in [-0.2, -0.15) is 0 Å². The third-order valence-electron chi connectivity index (χ3n) is 2.49. The second-order valence-electron chi connectivity index (χ2n) is 4.26. The van der Waals surface area contributed by atoms with Crippen LogP contribution in [0.2, 0.25) is 0 Å². The van der Waals surface area contributed by atoms with Crippen molar-refractivity contribution in [2.45, 2.75) is 39.2 Å². The lowest BCUT2D eigenvalue weighted by Gasteiger charge is -2.16. The molecule has 0 spiro atoms. The van der Waals surface area contributed by atoms with Crippen molar-refractivity contribution in [1.82, 2.24) is 10.2 Å². The average molecular weight is 216 g/mol. The summed E-state index contributed by atoms with van der Waals surface area (Å²) in [5.41, 5.74) is 0. The molecule has 1 atom stereocenters. The minimum absolute atomic E-state index is 0.674. The van der Waals surface area contributed by atoms with E-state index in [4.69, 9.17) is 4.74 Å². The van der Waals surface area contributed by atoms with Crippen LogP contribution in [0.5, 0.6) is 0 Å². The Balaban J connectivity index is 3.21. The van der Waals surface area contributed by atoms with Gasteiger partial charge in [-0.1, -0.05) is 20.3 Å². The summed E-state index contributed by atoms with van der Waals surface area (Å²) in [6, 6.07) is 0.674. The van der Waals surface area contributed by atoms with Gasteiger partial charge in [0.2, 0.25) is 0 Å². The molecule has 0 saturated heterocycles. The Morgan fingerprint density at radius 1 is 1.20 bits per heavy atom. The van der Waals surface area contributed by atoms with Crippen molar-refractivity contribution in [3.05, 3.63) is 0 Å². The normalized spacial score (nSPS) is 13.4. The van der Waals surface area contributed by atoms with Gasteiger partial charge >= 0.3 is 0 Å². The monoisotopic (exact) mass is 216 g/mol. The Labute approximate surface area is 95.2 Å². The summed E-state index contributed by atoms with van der Waals surface area (Å²) < 4.78 is 5.51. The highest BCUT2D eigenvalue weighted by molar-refractivity contribution is 4.63. The molecular weight excluding hydrogens is 188 g/mol. The summed E-state index contributed by atoms with van der Waals surface area (Å²) in [7, 11) is 4.13. The van der Waals surface area contributed by atoms with Crippen molar-refractivity contribution in [1.29, 1.82) is 0 Å². The lowest BCUT2D eigenvalue weighted by molar-refractivity contribution is 0.117. The highest BCUT2D eigenvalue weighted by Crippen LogP contribution is 1.99. The second-order valence-corrected chi connectivity index (χ2v) is 4.26. The van der Waals surface area contributed by atoms with Crippen molar-refractivity contribution in [3.63, 3.8) is 0 Å². The zero-order valence-electron chi connectivity index (χ0n) is 10.9. The number of hydrogen-bond acceptors (Lipinski definition) is 3. The van der Waals surface area contributed by atoms with Gasteiger partial charge < -0.3 is 15.0 Å². The molecule has 3 heteroatoms. The van der Waals surface area contributed by atoms with E-state index < -0.39 is 0 Å². The molecule has 0 rings (SSSR count). The van der Waals surface area contributed by atoms with Crippen molar-refractivity contribution >= 4 is 0 Å². The molecule has 0 saturated carbocycles. The van der Waals surface area contributed by atoms with Gasteiger partial charge in [0.1, 0.15) is 0 Å². The molecule has 0 heterocycles. The van der Waals surface area contributed by atoms with Crippen LogP contribution >= 0.6 is 0 Å². The Bertz CT molecular complexity index is 129. The third kappa shape index (κ3) is 10.2. The van der Waals surface area contributed by atoms with Crippen LogP contribution in [0.15, 0.2) is 0 Å². The molecule has 0 fully saturated rings. The lowest BCUT2D eigenvalue weighted by Crippen LogP contribution is -2.31. The quantitative estimate of drug-likeness (QED) is 0.563.